The summed E-state index contributed by atoms with van der Waals surface area (Å²) in [5.74, 6) is -1.19. The van der Waals surface area contributed by atoms with Crippen LogP contribution in [-0.4, -0.2) is 27.9 Å². The van der Waals surface area contributed by atoms with E-state index >= 15 is 0 Å². The summed E-state index contributed by atoms with van der Waals surface area (Å²) in [6.07, 6.45) is 1.53. The second-order valence-corrected chi connectivity index (χ2v) is 3.00. The van der Waals surface area contributed by atoms with E-state index < -0.39 is 11.4 Å². The molecule has 0 aromatic heterocycles. The molecule has 0 aliphatic rings. The number of thioether (sulfide) groups is 1. The zero-order valence-corrected chi connectivity index (χ0v) is 8.07. The van der Waals surface area contributed by atoms with E-state index in [-0.39, 0.29) is 0 Å². The van der Waals surface area contributed by atoms with Crippen LogP contribution in [0, 0.1) is 0 Å². The van der Waals surface area contributed by atoms with Crippen LogP contribution in [0.5, 0.6) is 0 Å². The van der Waals surface area contributed by atoms with E-state index in [4.69, 9.17) is 10.2 Å². The lowest BCUT2D eigenvalue weighted by Crippen LogP contribution is -2.13. The normalized spacial score (nSPS) is 10.9. The lowest BCUT2D eigenvalue weighted by Gasteiger charge is -1.95. The molecule has 0 bridgehead atoms. The Bertz CT molecular complexity index is 199. The average Bonchev–Trinajstić information content (AvgIpc) is 2.20. The van der Waals surface area contributed by atoms with Crippen molar-refractivity contribution in [3.8, 4) is 0 Å². The van der Waals surface area contributed by atoms with Crippen molar-refractivity contribution in [1.29, 1.82) is 0 Å². The molecule has 0 fully saturated rings. The molecule has 3 nitrogen and oxygen atoms in total. The Morgan fingerprint density at radius 2 is 1.46 bits per heavy atom. The van der Waals surface area contributed by atoms with Crippen molar-refractivity contribution in [3.05, 3.63) is 36.4 Å². The van der Waals surface area contributed by atoms with E-state index in [0.29, 0.717) is 0 Å². The predicted molar refractivity (Wildman–Crippen MR) is 53.6 cm³/mol. The van der Waals surface area contributed by atoms with Crippen molar-refractivity contribution >= 4 is 17.7 Å². The quantitative estimate of drug-likeness (QED) is 0.709. The minimum atomic E-state index is -1.26. The van der Waals surface area contributed by atoms with E-state index in [1.807, 2.05) is 36.4 Å². The van der Waals surface area contributed by atoms with Gasteiger partial charge in [-0.3, -0.25) is 0 Å². The third kappa shape index (κ3) is 7.36. The summed E-state index contributed by atoms with van der Waals surface area (Å²) in [5, 5.41) is 16.2. The zero-order valence-electron chi connectivity index (χ0n) is 7.25. The van der Waals surface area contributed by atoms with Crippen LogP contribution in [0.1, 0.15) is 0 Å². The molecule has 0 saturated carbocycles. The molecule has 1 rings (SSSR count). The van der Waals surface area contributed by atoms with E-state index in [1.165, 1.54) is 6.26 Å². The Kier molecular flexibility index (Phi) is 7.05. The fourth-order valence-corrected chi connectivity index (χ4v) is 0.687. The second kappa shape index (κ2) is 7.64. The molecule has 1 unspecified atom stereocenters. The molecule has 0 saturated heterocycles. The van der Waals surface area contributed by atoms with Crippen LogP contribution < -0.4 is 0 Å². The van der Waals surface area contributed by atoms with Gasteiger partial charge in [-0.2, -0.15) is 0 Å². The number of aliphatic hydroxyl groups is 1. The third-order valence-corrected chi connectivity index (χ3v) is 1.75. The minimum absolute atomic E-state index is 0.889. The third-order valence-electron chi connectivity index (χ3n) is 1.10. The highest BCUT2D eigenvalue weighted by Crippen LogP contribution is 1.99. The van der Waals surface area contributed by atoms with Crippen LogP contribution in [0.3, 0.4) is 0 Å². The number of carbonyl (C=O) groups is 1. The summed E-state index contributed by atoms with van der Waals surface area (Å²) < 4.78 is 0. The Morgan fingerprint density at radius 1 is 1.15 bits per heavy atom. The average molecular weight is 200 g/mol. The van der Waals surface area contributed by atoms with Gasteiger partial charge in [0.15, 0.2) is 5.44 Å². The lowest BCUT2D eigenvalue weighted by atomic mass is 10.4. The maximum absolute atomic E-state index is 9.66. The first-order valence-electron chi connectivity index (χ1n) is 3.62. The topological polar surface area (TPSA) is 57.5 Å². The van der Waals surface area contributed by atoms with Crippen LogP contribution in [0.4, 0.5) is 0 Å². The fraction of sp³-hybridized carbons (Fsp3) is 0.222. The maximum Gasteiger partial charge on any atom is 0.343 e. The zero-order chi connectivity index (χ0) is 10.1. The van der Waals surface area contributed by atoms with E-state index in [9.17, 15) is 4.79 Å². The molecular formula is C9H12O3S. The highest BCUT2D eigenvalue weighted by Gasteiger charge is 2.08. The van der Waals surface area contributed by atoms with Crippen molar-refractivity contribution in [2.24, 2.45) is 0 Å². The largest absolute Gasteiger partial charge is 0.479 e. The number of hydrogen-bond acceptors (Lipinski definition) is 3. The van der Waals surface area contributed by atoms with Gasteiger partial charge in [0, 0.05) is 0 Å². The molecule has 13 heavy (non-hydrogen) atoms. The highest BCUT2D eigenvalue weighted by atomic mass is 32.2. The van der Waals surface area contributed by atoms with Crippen LogP contribution in [0.25, 0.3) is 0 Å². The molecule has 0 aliphatic carbocycles. The number of aliphatic carboxylic acids is 1. The van der Waals surface area contributed by atoms with E-state index in [0.717, 1.165) is 11.8 Å². The molecule has 0 radical (unpaired) electrons. The predicted octanol–water partition coefficient (Wildman–Crippen LogP) is 1.44. The smallest absolute Gasteiger partial charge is 0.343 e. The molecule has 4 heteroatoms. The number of rotatable bonds is 2. The van der Waals surface area contributed by atoms with E-state index in [1.54, 1.807) is 0 Å². The minimum Gasteiger partial charge on any atom is -0.479 e. The Hall–Kier alpha value is -1.00. The van der Waals surface area contributed by atoms with Crippen molar-refractivity contribution in [2.75, 3.05) is 6.26 Å². The molecule has 0 aliphatic heterocycles. The number of carboxylic acids is 1. The first-order chi connectivity index (χ1) is 6.18. The van der Waals surface area contributed by atoms with Gasteiger partial charge in [-0.15, -0.1) is 11.8 Å². The van der Waals surface area contributed by atoms with Gasteiger partial charge in [-0.1, -0.05) is 36.4 Å². The van der Waals surface area contributed by atoms with Gasteiger partial charge in [0.2, 0.25) is 0 Å². The first-order valence-corrected chi connectivity index (χ1v) is 4.91. The van der Waals surface area contributed by atoms with Crippen LogP contribution >= 0.6 is 11.8 Å². The van der Waals surface area contributed by atoms with Crippen molar-refractivity contribution in [3.63, 3.8) is 0 Å². The van der Waals surface area contributed by atoms with Gasteiger partial charge in [-0.05, 0) is 6.26 Å². The summed E-state index contributed by atoms with van der Waals surface area (Å²) in [6.45, 7) is 0. The number of benzene rings is 1. The van der Waals surface area contributed by atoms with Crippen molar-refractivity contribution < 1.29 is 15.0 Å². The number of hydrogen-bond donors (Lipinski definition) is 2. The van der Waals surface area contributed by atoms with E-state index in [2.05, 4.69) is 0 Å². The summed E-state index contributed by atoms with van der Waals surface area (Å²) in [5.41, 5.74) is -1.26. The summed E-state index contributed by atoms with van der Waals surface area (Å²) in [6, 6.07) is 12.0. The van der Waals surface area contributed by atoms with Crippen molar-refractivity contribution in [1.82, 2.24) is 0 Å². The van der Waals surface area contributed by atoms with Gasteiger partial charge in [0.1, 0.15) is 0 Å². The molecule has 1 atom stereocenters. The highest BCUT2D eigenvalue weighted by molar-refractivity contribution is 7.99. The molecular weight excluding hydrogens is 188 g/mol. The van der Waals surface area contributed by atoms with Crippen LogP contribution in [0.15, 0.2) is 36.4 Å². The maximum atomic E-state index is 9.66. The number of carboxylic acid groups (broad SMARTS) is 1. The fourth-order valence-electron chi connectivity index (χ4n) is 0.486. The summed E-state index contributed by atoms with van der Waals surface area (Å²) in [7, 11) is 0. The molecule has 1 aromatic rings. The Morgan fingerprint density at radius 3 is 1.54 bits per heavy atom. The second-order valence-electron chi connectivity index (χ2n) is 2.08. The van der Waals surface area contributed by atoms with Gasteiger partial charge in [-0.25, -0.2) is 4.79 Å². The molecule has 72 valence electrons. The Balaban J connectivity index is 0.000000223. The summed E-state index contributed by atoms with van der Waals surface area (Å²) in [4.78, 5) is 9.66. The van der Waals surface area contributed by atoms with Crippen LogP contribution in [-0.2, 0) is 4.79 Å². The summed E-state index contributed by atoms with van der Waals surface area (Å²) >= 11 is 0.889. The Labute approximate surface area is 81.4 Å². The van der Waals surface area contributed by atoms with Gasteiger partial charge < -0.3 is 10.2 Å². The molecule has 0 spiro atoms. The SMILES string of the molecule is CSC(O)C(=O)O.c1ccccc1. The van der Waals surface area contributed by atoms with Gasteiger partial charge in [0.05, 0.1) is 0 Å². The monoisotopic (exact) mass is 200 g/mol. The molecule has 0 heterocycles. The van der Waals surface area contributed by atoms with Crippen LogP contribution in [0.2, 0.25) is 0 Å². The van der Waals surface area contributed by atoms with Crippen molar-refractivity contribution in [2.45, 2.75) is 5.44 Å². The molecule has 0 amide bonds. The standard InChI is InChI=1S/C6H6.C3H6O3S/c1-2-4-6-5-3-1;1-7-3(6)2(4)5/h1-6H;3,6H,1H3,(H,4,5). The van der Waals surface area contributed by atoms with Gasteiger partial charge in [0.25, 0.3) is 0 Å². The first kappa shape index (κ1) is 12.0. The molecule has 1 aromatic carbocycles. The molecule has 2 N–H and O–H groups in total. The lowest BCUT2D eigenvalue weighted by molar-refractivity contribution is -0.141. The number of aliphatic hydroxyl groups excluding tert-OH is 1. The van der Waals surface area contributed by atoms with Gasteiger partial charge >= 0.3 is 5.97 Å².